The minimum Gasteiger partial charge on any atom is -0.454 e. The first-order valence-corrected chi connectivity index (χ1v) is 10.5. The van der Waals surface area contributed by atoms with E-state index in [-0.39, 0.29) is 6.79 Å². The standard InChI is InChI=1S/C17H19IN6O2S/c1-2-3-20-4-5-24-16-14(15(19)21-8-22-16)23-17(24)27-13-7-12-11(6-10(13)18)25-9-26-12/h6-8,20H,2-5,9H2,1H3,(H2,19,21,22). The number of rotatable bonds is 7. The Morgan fingerprint density at radius 2 is 2.07 bits per heavy atom. The Bertz CT molecular complexity index is 980. The SMILES string of the molecule is CCCNCCn1c(Sc2cc3c(cc2I)OCO3)nc2c(N)ncnc21. The van der Waals surface area contributed by atoms with Gasteiger partial charge in [0.2, 0.25) is 6.79 Å². The van der Waals surface area contributed by atoms with Crippen LogP contribution in [0.2, 0.25) is 0 Å². The summed E-state index contributed by atoms with van der Waals surface area (Å²) in [6, 6.07) is 3.97. The molecule has 0 saturated heterocycles. The Hall–Kier alpha value is -1.79. The zero-order valence-electron chi connectivity index (χ0n) is 14.7. The molecule has 0 fully saturated rings. The first-order valence-electron chi connectivity index (χ1n) is 8.61. The van der Waals surface area contributed by atoms with Crippen molar-refractivity contribution in [2.24, 2.45) is 0 Å². The Morgan fingerprint density at radius 3 is 2.89 bits per heavy atom. The summed E-state index contributed by atoms with van der Waals surface area (Å²) in [7, 11) is 0. The highest BCUT2D eigenvalue weighted by molar-refractivity contribution is 14.1. The smallest absolute Gasteiger partial charge is 0.231 e. The lowest BCUT2D eigenvalue weighted by Gasteiger charge is -2.10. The van der Waals surface area contributed by atoms with Gasteiger partial charge in [0.1, 0.15) is 6.33 Å². The van der Waals surface area contributed by atoms with Crippen molar-refractivity contribution in [2.45, 2.75) is 29.9 Å². The van der Waals surface area contributed by atoms with Crippen LogP contribution in [0.1, 0.15) is 13.3 Å². The molecule has 0 bridgehead atoms. The van der Waals surface area contributed by atoms with Crippen LogP contribution in [0.5, 0.6) is 11.5 Å². The molecule has 10 heteroatoms. The molecule has 0 saturated carbocycles. The summed E-state index contributed by atoms with van der Waals surface area (Å²) in [4.78, 5) is 14.2. The molecule has 1 aliphatic heterocycles. The van der Waals surface area contributed by atoms with E-state index in [2.05, 4.69) is 49.4 Å². The van der Waals surface area contributed by atoms with Crippen molar-refractivity contribution in [1.82, 2.24) is 24.8 Å². The molecular formula is C17H19IN6O2S. The number of nitrogens with two attached hydrogens (primary N) is 1. The lowest BCUT2D eigenvalue weighted by molar-refractivity contribution is 0.174. The molecule has 3 N–H and O–H groups in total. The second kappa shape index (κ2) is 8.07. The van der Waals surface area contributed by atoms with Gasteiger partial charge in [-0.3, -0.25) is 0 Å². The van der Waals surface area contributed by atoms with E-state index in [9.17, 15) is 0 Å². The molecule has 4 rings (SSSR count). The Morgan fingerprint density at radius 1 is 1.26 bits per heavy atom. The van der Waals surface area contributed by atoms with Gasteiger partial charge in [-0.2, -0.15) is 0 Å². The van der Waals surface area contributed by atoms with E-state index in [4.69, 9.17) is 20.2 Å². The van der Waals surface area contributed by atoms with E-state index in [1.165, 1.54) is 6.33 Å². The lowest BCUT2D eigenvalue weighted by Crippen LogP contribution is -2.21. The summed E-state index contributed by atoms with van der Waals surface area (Å²) in [6.45, 7) is 4.96. The zero-order valence-corrected chi connectivity index (χ0v) is 17.7. The van der Waals surface area contributed by atoms with Crippen molar-refractivity contribution in [3.63, 3.8) is 0 Å². The highest BCUT2D eigenvalue weighted by atomic mass is 127. The van der Waals surface area contributed by atoms with Crippen molar-refractivity contribution in [2.75, 3.05) is 25.6 Å². The zero-order chi connectivity index (χ0) is 18.8. The number of aromatic nitrogens is 4. The number of ether oxygens (including phenoxy) is 2. The highest BCUT2D eigenvalue weighted by Crippen LogP contribution is 2.41. The second-order valence-corrected chi connectivity index (χ2v) is 8.14. The van der Waals surface area contributed by atoms with E-state index < -0.39 is 0 Å². The Kier molecular flexibility index (Phi) is 5.55. The van der Waals surface area contributed by atoms with Gasteiger partial charge >= 0.3 is 0 Å². The number of nitrogens with one attached hydrogen (secondary N) is 1. The van der Waals surface area contributed by atoms with Crippen LogP contribution >= 0.6 is 34.4 Å². The van der Waals surface area contributed by atoms with Gasteiger partial charge in [0, 0.05) is 21.6 Å². The van der Waals surface area contributed by atoms with E-state index in [1.54, 1.807) is 11.8 Å². The number of benzene rings is 1. The number of nitrogen functional groups attached to an aromatic ring is 1. The highest BCUT2D eigenvalue weighted by Gasteiger charge is 2.20. The first kappa shape index (κ1) is 18.6. The molecule has 27 heavy (non-hydrogen) atoms. The number of hydrogen-bond donors (Lipinski definition) is 2. The topological polar surface area (TPSA) is 100 Å². The lowest BCUT2D eigenvalue weighted by atomic mass is 10.3. The minimum atomic E-state index is 0.257. The summed E-state index contributed by atoms with van der Waals surface area (Å²) in [5.41, 5.74) is 7.40. The molecule has 0 atom stereocenters. The predicted molar refractivity (Wildman–Crippen MR) is 112 cm³/mol. The minimum absolute atomic E-state index is 0.257. The molecule has 0 radical (unpaired) electrons. The van der Waals surface area contributed by atoms with E-state index in [0.29, 0.717) is 11.3 Å². The summed E-state index contributed by atoms with van der Waals surface area (Å²) in [6.07, 6.45) is 2.57. The van der Waals surface area contributed by atoms with Crippen LogP contribution in [-0.4, -0.2) is 39.4 Å². The fraction of sp³-hybridized carbons (Fsp3) is 0.353. The molecule has 0 amide bonds. The molecule has 3 heterocycles. The summed E-state index contributed by atoms with van der Waals surface area (Å²) in [5, 5.41) is 4.24. The summed E-state index contributed by atoms with van der Waals surface area (Å²) in [5.74, 6) is 1.92. The fourth-order valence-electron chi connectivity index (χ4n) is 2.78. The van der Waals surface area contributed by atoms with Gasteiger partial charge in [0.15, 0.2) is 33.6 Å². The number of hydrogen-bond acceptors (Lipinski definition) is 8. The first-order chi connectivity index (χ1) is 13.2. The van der Waals surface area contributed by atoms with Crippen LogP contribution in [0.15, 0.2) is 28.5 Å². The van der Waals surface area contributed by atoms with Crippen LogP contribution in [-0.2, 0) is 6.54 Å². The van der Waals surface area contributed by atoms with Gasteiger partial charge in [-0.15, -0.1) is 0 Å². The third-order valence-corrected chi connectivity index (χ3v) is 6.40. The van der Waals surface area contributed by atoms with Crippen molar-refractivity contribution < 1.29 is 9.47 Å². The van der Waals surface area contributed by atoms with Crippen LogP contribution in [0.4, 0.5) is 5.82 Å². The fourth-order valence-corrected chi connectivity index (χ4v) is 4.49. The number of nitrogens with zero attached hydrogens (tertiary/aromatic N) is 4. The van der Waals surface area contributed by atoms with Gasteiger partial charge in [0.25, 0.3) is 0 Å². The molecule has 142 valence electrons. The number of halogens is 1. The monoisotopic (exact) mass is 498 g/mol. The van der Waals surface area contributed by atoms with Gasteiger partial charge in [-0.1, -0.05) is 18.7 Å². The molecule has 3 aromatic rings. The van der Waals surface area contributed by atoms with Gasteiger partial charge in [-0.05, 0) is 47.7 Å². The molecule has 8 nitrogen and oxygen atoms in total. The van der Waals surface area contributed by atoms with Crippen LogP contribution < -0.4 is 20.5 Å². The quantitative estimate of drug-likeness (QED) is 0.379. The maximum Gasteiger partial charge on any atom is 0.231 e. The molecule has 0 spiro atoms. The van der Waals surface area contributed by atoms with Crippen LogP contribution in [0.3, 0.4) is 0 Å². The predicted octanol–water partition coefficient (Wildman–Crippen LogP) is 2.89. The number of fused-ring (bicyclic) bond motifs is 2. The number of anilines is 1. The van der Waals surface area contributed by atoms with E-state index in [1.807, 2.05) is 12.1 Å². The Balaban J connectivity index is 1.69. The maximum atomic E-state index is 6.02. The summed E-state index contributed by atoms with van der Waals surface area (Å²) >= 11 is 3.86. The second-order valence-electron chi connectivity index (χ2n) is 5.97. The average Bonchev–Trinajstić information content (AvgIpc) is 3.24. The van der Waals surface area contributed by atoms with Gasteiger partial charge < -0.3 is 25.1 Å². The number of imidazole rings is 1. The van der Waals surface area contributed by atoms with Crippen molar-refractivity contribution in [1.29, 1.82) is 0 Å². The average molecular weight is 498 g/mol. The van der Waals surface area contributed by atoms with Crippen molar-refractivity contribution in [3.8, 4) is 11.5 Å². The van der Waals surface area contributed by atoms with Crippen LogP contribution in [0, 0.1) is 3.57 Å². The molecule has 0 aliphatic carbocycles. The third kappa shape index (κ3) is 3.78. The molecular weight excluding hydrogens is 479 g/mol. The van der Waals surface area contributed by atoms with Gasteiger partial charge in [-0.25, -0.2) is 15.0 Å². The molecule has 2 aromatic heterocycles. The van der Waals surface area contributed by atoms with Crippen molar-refractivity contribution in [3.05, 3.63) is 22.0 Å². The van der Waals surface area contributed by atoms with E-state index >= 15 is 0 Å². The molecule has 0 unspecified atom stereocenters. The van der Waals surface area contributed by atoms with E-state index in [0.717, 1.165) is 56.8 Å². The molecule has 1 aliphatic rings. The third-order valence-electron chi connectivity index (χ3n) is 4.09. The maximum absolute atomic E-state index is 6.02. The largest absolute Gasteiger partial charge is 0.454 e. The Labute approximate surface area is 174 Å². The normalized spacial score (nSPS) is 12.8. The van der Waals surface area contributed by atoms with Crippen LogP contribution in [0.25, 0.3) is 11.2 Å². The van der Waals surface area contributed by atoms with Crippen molar-refractivity contribution >= 4 is 51.3 Å². The summed E-state index contributed by atoms with van der Waals surface area (Å²) < 4.78 is 14.1. The van der Waals surface area contributed by atoms with Gasteiger partial charge in [0.05, 0.1) is 0 Å². The molecule has 1 aromatic carbocycles.